The standard InChI is InChI=1S/C14H13FO2.C7H6BrFO/c1-17-12-5-6-14(15)13(8-12)11-4-2-3-10(7-11)9-16;1-10-5-2-3-7(9)6(8)4-5/h2-8,16H,9H2,1H3;2-4H,1H3. The van der Waals surface area contributed by atoms with E-state index < -0.39 is 0 Å². The highest BCUT2D eigenvalue weighted by molar-refractivity contribution is 9.10. The number of ether oxygens (including phenoxy) is 2. The molecule has 0 atom stereocenters. The van der Waals surface area contributed by atoms with Crippen LogP contribution in [0.25, 0.3) is 11.1 Å². The Morgan fingerprint density at radius 1 is 0.852 bits per heavy atom. The zero-order valence-corrected chi connectivity index (χ0v) is 16.5. The number of hydrogen-bond donors (Lipinski definition) is 1. The third kappa shape index (κ3) is 5.77. The zero-order chi connectivity index (χ0) is 19.8. The highest BCUT2D eigenvalue weighted by Crippen LogP contribution is 2.27. The van der Waals surface area contributed by atoms with Gasteiger partial charge in [0.15, 0.2) is 0 Å². The van der Waals surface area contributed by atoms with Gasteiger partial charge in [0.25, 0.3) is 0 Å². The van der Waals surface area contributed by atoms with E-state index >= 15 is 0 Å². The van der Waals surface area contributed by atoms with Crippen LogP contribution >= 0.6 is 15.9 Å². The van der Waals surface area contributed by atoms with Crippen LogP contribution in [-0.2, 0) is 6.61 Å². The predicted octanol–water partition coefficient (Wildman–Crippen LogP) is 5.59. The number of hydrogen-bond acceptors (Lipinski definition) is 3. The Morgan fingerprint density at radius 3 is 2.07 bits per heavy atom. The second-order valence-corrected chi connectivity index (χ2v) is 6.34. The monoisotopic (exact) mass is 436 g/mol. The molecule has 0 aliphatic rings. The number of rotatable bonds is 4. The van der Waals surface area contributed by atoms with Gasteiger partial charge in [-0.25, -0.2) is 8.78 Å². The van der Waals surface area contributed by atoms with Crippen LogP contribution in [-0.4, -0.2) is 19.3 Å². The van der Waals surface area contributed by atoms with Crippen LogP contribution in [0.2, 0.25) is 0 Å². The lowest BCUT2D eigenvalue weighted by molar-refractivity contribution is 0.282. The van der Waals surface area contributed by atoms with Gasteiger partial charge >= 0.3 is 0 Å². The lowest BCUT2D eigenvalue weighted by Gasteiger charge is -2.07. The lowest BCUT2D eigenvalue weighted by atomic mass is 10.0. The summed E-state index contributed by atoms with van der Waals surface area (Å²) >= 11 is 3.03. The molecule has 0 aliphatic heterocycles. The van der Waals surface area contributed by atoms with E-state index in [4.69, 9.17) is 14.6 Å². The van der Waals surface area contributed by atoms with Gasteiger partial charge in [0, 0.05) is 5.56 Å². The Morgan fingerprint density at radius 2 is 1.48 bits per heavy atom. The highest BCUT2D eigenvalue weighted by Gasteiger charge is 2.07. The summed E-state index contributed by atoms with van der Waals surface area (Å²) in [6.07, 6.45) is 0. The van der Waals surface area contributed by atoms with Gasteiger partial charge < -0.3 is 14.6 Å². The van der Waals surface area contributed by atoms with Crippen molar-refractivity contribution in [1.29, 1.82) is 0 Å². The van der Waals surface area contributed by atoms with Crippen LogP contribution in [0.5, 0.6) is 11.5 Å². The molecule has 0 spiro atoms. The van der Waals surface area contributed by atoms with Crippen LogP contribution in [0.1, 0.15) is 5.56 Å². The van der Waals surface area contributed by atoms with Crippen LogP contribution in [0, 0.1) is 11.6 Å². The zero-order valence-electron chi connectivity index (χ0n) is 14.9. The van der Waals surface area contributed by atoms with E-state index in [-0.39, 0.29) is 18.2 Å². The van der Waals surface area contributed by atoms with Gasteiger partial charge in [-0.05, 0) is 69.5 Å². The number of halogens is 3. The molecule has 6 heteroatoms. The predicted molar refractivity (Wildman–Crippen MR) is 105 cm³/mol. The molecule has 0 amide bonds. The summed E-state index contributed by atoms with van der Waals surface area (Å²) in [5, 5.41) is 9.06. The molecular weight excluding hydrogens is 418 g/mol. The summed E-state index contributed by atoms with van der Waals surface area (Å²) in [6.45, 7) is -0.0561. The van der Waals surface area contributed by atoms with E-state index in [2.05, 4.69) is 15.9 Å². The van der Waals surface area contributed by atoms with Crippen molar-refractivity contribution in [3.8, 4) is 22.6 Å². The number of benzene rings is 3. The third-order valence-corrected chi connectivity index (χ3v) is 4.33. The smallest absolute Gasteiger partial charge is 0.137 e. The van der Waals surface area contributed by atoms with Crippen molar-refractivity contribution in [2.45, 2.75) is 6.61 Å². The minimum absolute atomic E-state index is 0.0561. The molecule has 27 heavy (non-hydrogen) atoms. The minimum atomic E-state index is -0.305. The molecule has 3 aromatic carbocycles. The van der Waals surface area contributed by atoms with Crippen molar-refractivity contribution in [2.75, 3.05) is 14.2 Å². The molecule has 3 aromatic rings. The van der Waals surface area contributed by atoms with Crippen LogP contribution in [0.4, 0.5) is 8.78 Å². The molecular formula is C21H19BrF2O3. The third-order valence-electron chi connectivity index (χ3n) is 3.72. The molecule has 0 aromatic heterocycles. The molecule has 0 heterocycles. The largest absolute Gasteiger partial charge is 0.497 e. The van der Waals surface area contributed by atoms with Crippen molar-refractivity contribution in [2.24, 2.45) is 0 Å². The molecule has 3 nitrogen and oxygen atoms in total. The van der Waals surface area contributed by atoms with Crippen LogP contribution in [0.3, 0.4) is 0 Å². The molecule has 0 bridgehead atoms. The van der Waals surface area contributed by atoms with E-state index in [1.807, 2.05) is 0 Å². The molecule has 0 saturated carbocycles. The highest BCUT2D eigenvalue weighted by atomic mass is 79.9. The summed E-state index contributed by atoms with van der Waals surface area (Å²) < 4.78 is 36.6. The second-order valence-electron chi connectivity index (χ2n) is 5.48. The van der Waals surface area contributed by atoms with E-state index in [0.717, 1.165) is 11.1 Å². The first-order chi connectivity index (χ1) is 13.0. The van der Waals surface area contributed by atoms with Crippen molar-refractivity contribution in [3.05, 3.63) is 82.3 Å². The molecule has 0 aliphatic carbocycles. The van der Waals surface area contributed by atoms with E-state index in [0.29, 0.717) is 21.5 Å². The fourth-order valence-corrected chi connectivity index (χ4v) is 2.65. The van der Waals surface area contributed by atoms with Gasteiger partial charge in [-0.2, -0.15) is 0 Å². The molecule has 0 radical (unpaired) electrons. The molecule has 1 N–H and O–H groups in total. The van der Waals surface area contributed by atoms with Gasteiger partial charge in [0.1, 0.15) is 23.1 Å². The Bertz CT molecular complexity index is 900. The van der Waals surface area contributed by atoms with Gasteiger partial charge in [0.05, 0.1) is 25.3 Å². The summed E-state index contributed by atoms with van der Waals surface area (Å²) in [7, 11) is 3.08. The van der Waals surface area contributed by atoms with Crippen molar-refractivity contribution < 1.29 is 23.4 Å². The maximum atomic E-state index is 13.7. The number of aliphatic hydroxyl groups excluding tert-OH is 1. The van der Waals surface area contributed by atoms with Crippen molar-refractivity contribution >= 4 is 15.9 Å². The van der Waals surface area contributed by atoms with E-state index in [1.54, 1.807) is 62.8 Å². The van der Waals surface area contributed by atoms with Crippen molar-refractivity contribution in [1.82, 2.24) is 0 Å². The van der Waals surface area contributed by atoms with E-state index in [9.17, 15) is 8.78 Å². The normalized spacial score (nSPS) is 10.0. The first kappa shape index (κ1) is 20.9. The average Bonchev–Trinajstić information content (AvgIpc) is 2.71. The summed E-state index contributed by atoms with van der Waals surface area (Å²) in [5.41, 5.74) is 1.96. The Labute approximate surface area is 165 Å². The van der Waals surface area contributed by atoms with Gasteiger partial charge in [-0.3, -0.25) is 0 Å². The maximum Gasteiger partial charge on any atom is 0.137 e. The summed E-state index contributed by atoms with van der Waals surface area (Å²) in [4.78, 5) is 0. The van der Waals surface area contributed by atoms with Crippen LogP contribution in [0.15, 0.2) is 65.1 Å². The molecule has 0 saturated heterocycles. The van der Waals surface area contributed by atoms with Gasteiger partial charge in [-0.15, -0.1) is 0 Å². The SMILES string of the molecule is COc1ccc(F)c(-c2cccc(CO)c2)c1.COc1ccc(F)c(Br)c1. The minimum Gasteiger partial charge on any atom is -0.497 e. The van der Waals surface area contributed by atoms with Gasteiger partial charge in [-0.1, -0.05) is 18.2 Å². The lowest BCUT2D eigenvalue weighted by Crippen LogP contribution is -1.90. The topological polar surface area (TPSA) is 38.7 Å². The maximum absolute atomic E-state index is 13.7. The second kappa shape index (κ2) is 10.0. The molecule has 3 rings (SSSR count). The fourth-order valence-electron chi connectivity index (χ4n) is 2.29. The average molecular weight is 437 g/mol. The number of aliphatic hydroxyl groups is 1. The summed E-state index contributed by atoms with van der Waals surface area (Å²) in [5.74, 6) is 0.672. The Balaban J connectivity index is 0.000000223. The molecule has 0 fully saturated rings. The van der Waals surface area contributed by atoms with Gasteiger partial charge in [0.2, 0.25) is 0 Å². The fraction of sp³-hybridized carbons (Fsp3) is 0.143. The van der Waals surface area contributed by atoms with E-state index in [1.165, 1.54) is 12.1 Å². The number of methoxy groups -OCH3 is 2. The first-order valence-corrected chi connectivity index (χ1v) is 8.80. The quantitative estimate of drug-likeness (QED) is 0.579. The Hall–Kier alpha value is -2.44. The molecule has 0 unspecified atom stereocenters. The van der Waals surface area contributed by atoms with Crippen molar-refractivity contribution in [3.63, 3.8) is 0 Å². The van der Waals surface area contributed by atoms with Crippen LogP contribution < -0.4 is 9.47 Å². The Kier molecular flexibility index (Phi) is 7.76. The first-order valence-electron chi connectivity index (χ1n) is 8.01. The molecule has 142 valence electrons. The summed E-state index contributed by atoms with van der Waals surface area (Å²) in [6, 6.07) is 16.2.